The molecule has 2 saturated carbocycles. The highest BCUT2D eigenvalue weighted by Gasteiger charge is 2.63. The number of nitrogens with two attached hydrogens (primary N) is 1. The molecule has 3 heteroatoms. The van der Waals surface area contributed by atoms with Crippen LogP contribution in [0.5, 0.6) is 0 Å². The van der Waals surface area contributed by atoms with E-state index in [1.807, 2.05) is 0 Å². The minimum atomic E-state index is -0.171. The van der Waals surface area contributed by atoms with E-state index in [9.17, 15) is 4.79 Å². The molecule has 21 heavy (non-hydrogen) atoms. The summed E-state index contributed by atoms with van der Waals surface area (Å²) in [6, 6.07) is 0. The van der Waals surface area contributed by atoms with Crippen molar-refractivity contribution < 1.29 is 9.53 Å². The van der Waals surface area contributed by atoms with Gasteiger partial charge in [0, 0.05) is 12.0 Å². The molecule has 0 aromatic heterocycles. The van der Waals surface area contributed by atoms with E-state index in [0.717, 1.165) is 12.8 Å². The van der Waals surface area contributed by atoms with Gasteiger partial charge in [-0.25, -0.2) is 0 Å². The molecule has 0 aromatic carbocycles. The van der Waals surface area contributed by atoms with E-state index in [2.05, 4.69) is 41.5 Å². The Morgan fingerprint density at radius 1 is 1.33 bits per heavy atom. The summed E-state index contributed by atoms with van der Waals surface area (Å²) in [6.07, 6.45) is 4.35. The molecular formula is C18H33NO2. The summed E-state index contributed by atoms with van der Waals surface area (Å²) >= 11 is 0. The van der Waals surface area contributed by atoms with Gasteiger partial charge in [-0.1, -0.05) is 41.5 Å². The third-order valence-electron chi connectivity index (χ3n) is 6.45. The number of hydrogen-bond donors (Lipinski definition) is 1. The van der Waals surface area contributed by atoms with Gasteiger partial charge in [-0.15, -0.1) is 0 Å². The van der Waals surface area contributed by atoms with Gasteiger partial charge >= 0.3 is 5.97 Å². The SMILES string of the molecule is CC(C)(C)CC(CN)C(=O)OC1CC2CCC1(C)C2(C)C. The molecule has 2 aliphatic carbocycles. The molecule has 2 N–H and O–H groups in total. The van der Waals surface area contributed by atoms with Gasteiger partial charge in [0.05, 0.1) is 5.92 Å². The second kappa shape index (κ2) is 5.26. The zero-order chi connectivity index (χ0) is 16.1. The normalized spacial score (nSPS) is 35.8. The number of fused-ring (bicyclic) bond motifs is 2. The van der Waals surface area contributed by atoms with Gasteiger partial charge < -0.3 is 10.5 Å². The van der Waals surface area contributed by atoms with Crippen molar-refractivity contribution in [2.24, 2.45) is 33.8 Å². The summed E-state index contributed by atoms with van der Waals surface area (Å²) in [5.41, 5.74) is 6.33. The lowest BCUT2D eigenvalue weighted by atomic mass is 9.70. The molecule has 122 valence electrons. The van der Waals surface area contributed by atoms with E-state index in [0.29, 0.717) is 12.5 Å². The van der Waals surface area contributed by atoms with E-state index < -0.39 is 0 Å². The van der Waals surface area contributed by atoms with E-state index >= 15 is 0 Å². The third kappa shape index (κ3) is 2.86. The fraction of sp³-hybridized carbons (Fsp3) is 0.944. The number of carbonyl (C=O) groups is 1. The lowest BCUT2D eigenvalue weighted by Gasteiger charge is -2.39. The highest BCUT2D eigenvalue weighted by molar-refractivity contribution is 5.73. The third-order valence-corrected chi connectivity index (χ3v) is 6.45. The van der Waals surface area contributed by atoms with E-state index in [4.69, 9.17) is 10.5 Å². The van der Waals surface area contributed by atoms with Crippen LogP contribution in [0.25, 0.3) is 0 Å². The van der Waals surface area contributed by atoms with Crippen molar-refractivity contribution in [3.05, 3.63) is 0 Å². The summed E-state index contributed by atoms with van der Waals surface area (Å²) in [7, 11) is 0. The Morgan fingerprint density at radius 3 is 2.33 bits per heavy atom. The summed E-state index contributed by atoms with van der Waals surface area (Å²) in [4.78, 5) is 12.5. The van der Waals surface area contributed by atoms with Gasteiger partial charge in [-0.3, -0.25) is 4.79 Å². The van der Waals surface area contributed by atoms with E-state index in [-0.39, 0.29) is 34.2 Å². The molecule has 2 rings (SSSR count). The largest absolute Gasteiger partial charge is 0.462 e. The minimum absolute atomic E-state index is 0.0766. The van der Waals surface area contributed by atoms with Crippen LogP contribution in [0.15, 0.2) is 0 Å². The lowest BCUT2D eigenvalue weighted by Crippen LogP contribution is -2.40. The van der Waals surface area contributed by atoms with Gasteiger partial charge in [-0.2, -0.15) is 0 Å². The number of esters is 1. The minimum Gasteiger partial charge on any atom is -0.462 e. The molecule has 4 atom stereocenters. The van der Waals surface area contributed by atoms with Crippen molar-refractivity contribution in [2.75, 3.05) is 6.54 Å². The lowest BCUT2D eigenvalue weighted by molar-refractivity contribution is -0.162. The average molecular weight is 295 g/mol. The summed E-state index contributed by atoms with van der Waals surface area (Å²) in [5, 5.41) is 0. The Kier molecular flexibility index (Phi) is 4.20. The first-order chi connectivity index (χ1) is 9.51. The molecule has 4 unspecified atom stereocenters. The first-order valence-corrected chi connectivity index (χ1v) is 8.42. The van der Waals surface area contributed by atoms with Crippen molar-refractivity contribution in [1.29, 1.82) is 0 Å². The standard InChI is InChI=1S/C18H33NO2/c1-16(2,3)10-12(11-19)15(20)21-14-9-13-7-8-18(14,6)17(13,4)5/h12-14H,7-11,19H2,1-6H3. The molecule has 0 heterocycles. The van der Waals surface area contributed by atoms with Crippen LogP contribution in [-0.4, -0.2) is 18.6 Å². The number of ether oxygens (including phenoxy) is 1. The van der Waals surface area contributed by atoms with Crippen LogP contribution in [0, 0.1) is 28.1 Å². The van der Waals surface area contributed by atoms with Crippen molar-refractivity contribution >= 4 is 5.97 Å². The Labute approximate surface area is 130 Å². The van der Waals surface area contributed by atoms with Crippen LogP contribution >= 0.6 is 0 Å². The number of rotatable bonds is 4. The van der Waals surface area contributed by atoms with Gasteiger partial charge in [-0.05, 0) is 42.4 Å². The maximum absolute atomic E-state index is 12.5. The summed E-state index contributed by atoms with van der Waals surface area (Å²) in [5.74, 6) is 0.442. The molecule has 2 fully saturated rings. The van der Waals surface area contributed by atoms with Crippen molar-refractivity contribution in [1.82, 2.24) is 0 Å². The van der Waals surface area contributed by atoms with Crippen LogP contribution in [0.4, 0.5) is 0 Å². The molecule has 3 nitrogen and oxygen atoms in total. The summed E-state index contributed by atoms with van der Waals surface area (Å²) in [6.45, 7) is 13.8. The predicted molar refractivity (Wildman–Crippen MR) is 85.7 cm³/mol. The van der Waals surface area contributed by atoms with Crippen LogP contribution in [0.2, 0.25) is 0 Å². The van der Waals surface area contributed by atoms with Crippen molar-refractivity contribution in [3.63, 3.8) is 0 Å². The molecule has 0 amide bonds. The van der Waals surface area contributed by atoms with Crippen LogP contribution < -0.4 is 5.73 Å². The summed E-state index contributed by atoms with van der Waals surface area (Å²) < 4.78 is 5.96. The van der Waals surface area contributed by atoms with Crippen LogP contribution in [-0.2, 0) is 9.53 Å². The first kappa shape index (κ1) is 16.8. The van der Waals surface area contributed by atoms with E-state index in [1.165, 1.54) is 12.8 Å². The smallest absolute Gasteiger partial charge is 0.310 e. The number of hydrogen-bond acceptors (Lipinski definition) is 3. The van der Waals surface area contributed by atoms with Gasteiger partial charge in [0.1, 0.15) is 6.10 Å². The van der Waals surface area contributed by atoms with Crippen LogP contribution in [0.1, 0.15) is 67.2 Å². The Bertz CT molecular complexity index is 410. The highest BCUT2D eigenvalue weighted by atomic mass is 16.5. The Hall–Kier alpha value is -0.570. The quantitative estimate of drug-likeness (QED) is 0.804. The fourth-order valence-corrected chi connectivity index (χ4v) is 4.55. The Morgan fingerprint density at radius 2 is 1.95 bits per heavy atom. The van der Waals surface area contributed by atoms with E-state index in [1.54, 1.807) is 0 Å². The molecule has 2 aliphatic rings. The molecule has 0 aliphatic heterocycles. The zero-order valence-corrected chi connectivity index (χ0v) is 14.7. The van der Waals surface area contributed by atoms with Crippen molar-refractivity contribution in [2.45, 2.75) is 73.3 Å². The molecule has 0 spiro atoms. The molecular weight excluding hydrogens is 262 g/mol. The second-order valence-electron chi connectivity index (χ2n) is 9.23. The van der Waals surface area contributed by atoms with Crippen LogP contribution in [0.3, 0.4) is 0 Å². The van der Waals surface area contributed by atoms with Gasteiger partial charge in [0.15, 0.2) is 0 Å². The topological polar surface area (TPSA) is 52.3 Å². The monoisotopic (exact) mass is 295 g/mol. The van der Waals surface area contributed by atoms with Gasteiger partial charge in [0.25, 0.3) is 0 Å². The maximum atomic E-state index is 12.5. The zero-order valence-electron chi connectivity index (χ0n) is 14.7. The maximum Gasteiger partial charge on any atom is 0.310 e. The molecule has 0 saturated heterocycles. The average Bonchev–Trinajstić information content (AvgIpc) is 2.67. The fourth-order valence-electron chi connectivity index (χ4n) is 4.55. The number of carbonyl (C=O) groups excluding carboxylic acids is 1. The highest BCUT2D eigenvalue weighted by Crippen LogP contribution is 2.66. The molecule has 0 aromatic rings. The van der Waals surface area contributed by atoms with Gasteiger partial charge in [0.2, 0.25) is 0 Å². The Balaban J connectivity index is 2.04. The predicted octanol–water partition coefficient (Wildman–Crippen LogP) is 3.76. The molecule has 0 radical (unpaired) electrons. The second-order valence-corrected chi connectivity index (χ2v) is 9.23. The van der Waals surface area contributed by atoms with Crippen molar-refractivity contribution in [3.8, 4) is 0 Å². The molecule has 2 bridgehead atoms. The first-order valence-electron chi connectivity index (χ1n) is 8.42.